The van der Waals surface area contributed by atoms with Crippen LogP contribution in [0.2, 0.25) is 0 Å². The number of fused-ring (bicyclic) bond motifs is 2. The first-order valence-electron chi connectivity index (χ1n) is 5.04. The van der Waals surface area contributed by atoms with Gasteiger partial charge in [0.25, 0.3) is 0 Å². The minimum absolute atomic E-state index is 0.158. The molecule has 0 aromatic carbocycles. The highest BCUT2D eigenvalue weighted by Gasteiger charge is 2.53. The molecule has 0 spiro atoms. The van der Waals surface area contributed by atoms with E-state index in [0.717, 1.165) is 11.8 Å². The van der Waals surface area contributed by atoms with Crippen molar-refractivity contribution in [1.29, 1.82) is 0 Å². The van der Waals surface area contributed by atoms with Crippen LogP contribution >= 0.6 is 0 Å². The van der Waals surface area contributed by atoms with Gasteiger partial charge in [0, 0.05) is 24.7 Å². The maximum absolute atomic E-state index is 6.21. The van der Waals surface area contributed by atoms with Gasteiger partial charge in [0.2, 0.25) is 0 Å². The predicted molar refractivity (Wildman–Crippen MR) is 50.9 cm³/mol. The molecule has 3 rings (SSSR count). The van der Waals surface area contributed by atoms with Crippen molar-refractivity contribution in [3.63, 3.8) is 0 Å². The normalized spacial score (nSPS) is 47.8. The first-order chi connectivity index (χ1) is 5.51. The fourth-order valence-electron chi connectivity index (χ4n) is 2.63. The Morgan fingerprint density at radius 3 is 2.17 bits per heavy atom. The fraction of sp³-hybridized carbons (Fsp3) is 1.00. The highest BCUT2D eigenvalue weighted by molar-refractivity contribution is 5.09. The van der Waals surface area contributed by atoms with Crippen LogP contribution in [0.15, 0.2) is 0 Å². The summed E-state index contributed by atoms with van der Waals surface area (Å²) in [5.41, 5.74) is 6.36. The molecular formula is C10H20N2. The van der Waals surface area contributed by atoms with Crippen LogP contribution < -0.4 is 5.73 Å². The number of rotatable bonds is 1. The summed E-state index contributed by atoms with van der Waals surface area (Å²) in [6, 6.07) is 0.700. The Bertz CT molecular complexity index is 172. The van der Waals surface area contributed by atoms with E-state index in [0.29, 0.717) is 6.04 Å². The summed E-state index contributed by atoms with van der Waals surface area (Å²) in [4.78, 5) is 2.56. The van der Waals surface area contributed by atoms with Gasteiger partial charge in [-0.25, -0.2) is 0 Å². The van der Waals surface area contributed by atoms with Crippen molar-refractivity contribution in [2.45, 2.75) is 38.8 Å². The summed E-state index contributed by atoms with van der Waals surface area (Å²) in [5.74, 6) is 1.53. The third-order valence-corrected chi connectivity index (χ3v) is 3.97. The summed E-state index contributed by atoms with van der Waals surface area (Å²) >= 11 is 0. The molecule has 2 saturated heterocycles. The van der Waals surface area contributed by atoms with Gasteiger partial charge in [-0.05, 0) is 39.0 Å². The van der Waals surface area contributed by atoms with Crippen molar-refractivity contribution < 1.29 is 0 Å². The summed E-state index contributed by atoms with van der Waals surface area (Å²) in [7, 11) is 0. The Morgan fingerprint density at radius 2 is 1.83 bits per heavy atom. The monoisotopic (exact) mass is 168 g/mol. The maximum Gasteiger partial charge on any atom is 0.0207 e. The van der Waals surface area contributed by atoms with Gasteiger partial charge in [-0.3, -0.25) is 0 Å². The van der Waals surface area contributed by atoms with Gasteiger partial charge < -0.3 is 10.6 Å². The van der Waals surface area contributed by atoms with Gasteiger partial charge in [0.15, 0.2) is 0 Å². The van der Waals surface area contributed by atoms with Crippen LogP contribution in [0.5, 0.6) is 0 Å². The van der Waals surface area contributed by atoms with Crippen molar-refractivity contribution in [3.8, 4) is 0 Å². The second-order valence-electron chi connectivity index (χ2n) is 5.04. The van der Waals surface area contributed by atoms with Crippen LogP contribution in [0.25, 0.3) is 0 Å². The first kappa shape index (κ1) is 8.52. The molecule has 2 unspecified atom stereocenters. The van der Waals surface area contributed by atoms with E-state index in [2.05, 4.69) is 25.7 Å². The average Bonchev–Trinajstić information content (AvgIpc) is 2.04. The molecule has 2 heterocycles. The van der Waals surface area contributed by atoms with Crippen molar-refractivity contribution >= 4 is 0 Å². The minimum Gasteiger partial charge on any atom is -0.325 e. The number of hydrogen-bond acceptors (Lipinski definition) is 2. The summed E-state index contributed by atoms with van der Waals surface area (Å²) in [5, 5.41) is 0. The lowest BCUT2D eigenvalue weighted by Crippen LogP contribution is -2.70. The maximum atomic E-state index is 6.21. The quantitative estimate of drug-likeness (QED) is 0.634. The second kappa shape index (κ2) is 2.46. The van der Waals surface area contributed by atoms with Gasteiger partial charge >= 0.3 is 0 Å². The molecule has 12 heavy (non-hydrogen) atoms. The Kier molecular flexibility index (Phi) is 1.74. The molecule has 70 valence electrons. The van der Waals surface area contributed by atoms with Gasteiger partial charge in [-0.15, -0.1) is 0 Å². The smallest absolute Gasteiger partial charge is 0.0207 e. The lowest BCUT2D eigenvalue weighted by atomic mass is 9.57. The van der Waals surface area contributed by atoms with E-state index in [9.17, 15) is 0 Å². The number of nitrogens with zero attached hydrogens (tertiary/aromatic N) is 1. The third-order valence-electron chi connectivity index (χ3n) is 3.97. The predicted octanol–water partition coefficient (Wildman–Crippen LogP) is 1.06. The number of nitrogens with two attached hydrogens (primary N) is 1. The molecule has 2 nitrogen and oxygen atoms in total. The molecule has 3 fully saturated rings. The summed E-state index contributed by atoms with van der Waals surface area (Å²) in [6.07, 6.45) is 1.37. The van der Waals surface area contributed by atoms with Crippen LogP contribution in [0, 0.1) is 11.8 Å². The van der Waals surface area contributed by atoms with Crippen molar-refractivity contribution in [1.82, 2.24) is 4.90 Å². The zero-order valence-corrected chi connectivity index (χ0v) is 8.38. The Labute approximate surface area is 75.1 Å². The zero-order chi connectivity index (χ0) is 8.93. The molecule has 0 aromatic heterocycles. The number of hydrogen-bond donors (Lipinski definition) is 1. The van der Waals surface area contributed by atoms with E-state index in [-0.39, 0.29) is 5.54 Å². The number of piperidine rings is 2. The van der Waals surface area contributed by atoms with Crippen molar-refractivity contribution in [3.05, 3.63) is 0 Å². The van der Waals surface area contributed by atoms with Crippen molar-refractivity contribution in [2.24, 2.45) is 17.6 Å². The molecule has 2 aliphatic heterocycles. The van der Waals surface area contributed by atoms with Crippen molar-refractivity contribution in [2.75, 3.05) is 13.1 Å². The van der Waals surface area contributed by atoms with Crippen LogP contribution in [-0.4, -0.2) is 29.6 Å². The lowest BCUT2D eigenvalue weighted by molar-refractivity contribution is -0.0659. The minimum atomic E-state index is 0.158. The SMILES string of the molecule is CC(C)N1CC2CC(C1)C2(C)N. The Balaban J connectivity index is 2.01. The second-order valence-corrected chi connectivity index (χ2v) is 5.04. The molecule has 3 aliphatic rings. The standard InChI is InChI=1S/C10H20N2/c1-7(2)12-5-8-4-9(6-12)10(8,3)11/h7-9H,4-6,11H2,1-3H3. The van der Waals surface area contributed by atoms with Crippen LogP contribution in [0.3, 0.4) is 0 Å². The first-order valence-corrected chi connectivity index (χ1v) is 5.04. The van der Waals surface area contributed by atoms with Gasteiger partial charge in [0.1, 0.15) is 0 Å². The van der Waals surface area contributed by atoms with Crippen LogP contribution in [0.4, 0.5) is 0 Å². The molecule has 2 atom stereocenters. The van der Waals surface area contributed by atoms with E-state index < -0.39 is 0 Å². The summed E-state index contributed by atoms with van der Waals surface area (Å²) in [6.45, 7) is 9.23. The Hall–Kier alpha value is -0.0800. The third kappa shape index (κ3) is 1.01. The highest BCUT2D eigenvalue weighted by Crippen LogP contribution is 2.46. The molecule has 2 heteroatoms. The zero-order valence-electron chi connectivity index (χ0n) is 8.38. The summed E-state index contributed by atoms with van der Waals surface area (Å²) < 4.78 is 0. The highest BCUT2D eigenvalue weighted by atomic mass is 15.2. The molecule has 1 aliphatic carbocycles. The van der Waals surface area contributed by atoms with E-state index in [1.54, 1.807) is 0 Å². The lowest BCUT2D eigenvalue weighted by Gasteiger charge is -2.60. The van der Waals surface area contributed by atoms with Gasteiger partial charge in [0.05, 0.1) is 0 Å². The van der Waals surface area contributed by atoms with E-state index >= 15 is 0 Å². The van der Waals surface area contributed by atoms with Gasteiger partial charge in [-0.2, -0.15) is 0 Å². The largest absolute Gasteiger partial charge is 0.325 e. The van der Waals surface area contributed by atoms with E-state index in [1.165, 1.54) is 19.5 Å². The van der Waals surface area contributed by atoms with Gasteiger partial charge in [-0.1, -0.05) is 0 Å². The van der Waals surface area contributed by atoms with Crippen LogP contribution in [0.1, 0.15) is 27.2 Å². The topological polar surface area (TPSA) is 29.3 Å². The molecule has 0 amide bonds. The average molecular weight is 168 g/mol. The molecule has 2 N–H and O–H groups in total. The molecular weight excluding hydrogens is 148 g/mol. The van der Waals surface area contributed by atoms with Crippen LogP contribution in [-0.2, 0) is 0 Å². The Morgan fingerprint density at radius 1 is 1.33 bits per heavy atom. The fourth-order valence-corrected chi connectivity index (χ4v) is 2.63. The van der Waals surface area contributed by atoms with E-state index in [4.69, 9.17) is 5.73 Å². The molecule has 1 saturated carbocycles. The molecule has 0 aromatic rings. The molecule has 0 radical (unpaired) electrons. The van der Waals surface area contributed by atoms with E-state index in [1.807, 2.05) is 0 Å². The molecule has 2 bridgehead atoms.